The maximum Gasteiger partial charge on any atom is 0.218 e. The maximum atomic E-state index is 5.30. The summed E-state index contributed by atoms with van der Waals surface area (Å²) in [6.07, 6.45) is 1.73. The Morgan fingerprint density at radius 3 is 2.82 bits per heavy atom. The molecule has 5 heteroatoms. The number of methoxy groups -OCH3 is 1. The fourth-order valence-electron chi connectivity index (χ4n) is 1.77. The molecule has 1 atom stereocenters. The molecule has 0 aliphatic rings. The molecule has 0 amide bonds. The summed E-state index contributed by atoms with van der Waals surface area (Å²) in [5.41, 5.74) is 2.24. The van der Waals surface area contributed by atoms with Crippen molar-refractivity contribution in [1.82, 2.24) is 10.3 Å². The summed E-state index contributed by atoms with van der Waals surface area (Å²) >= 11 is 5.23. The van der Waals surface area contributed by atoms with Crippen LogP contribution in [0, 0.1) is 0 Å². The molecule has 2 rings (SSSR count). The van der Waals surface area contributed by atoms with Crippen LogP contribution in [0.2, 0.25) is 0 Å². The highest BCUT2D eigenvalue weighted by Crippen LogP contribution is 2.34. The number of halogens is 1. The molecule has 1 unspecified atom stereocenters. The molecule has 1 N–H and O–H groups in total. The van der Waals surface area contributed by atoms with Crippen molar-refractivity contribution >= 4 is 27.3 Å². The lowest BCUT2D eigenvalue weighted by Crippen LogP contribution is -2.18. The molecular formula is C12H13BrN2OS. The van der Waals surface area contributed by atoms with Gasteiger partial charge in [-0.15, -0.1) is 0 Å². The molecule has 0 aliphatic heterocycles. The van der Waals surface area contributed by atoms with E-state index in [1.54, 1.807) is 24.6 Å². The third-order valence-electron chi connectivity index (χ3n) is 2.55. The number of nitrogens with one attached hydrogen (secondary N) is 1. The van der Waals surface area contributed by atoms with Crippen molar-refractivity contribution in [1.29, 1.82) is 0 Å². The second kappa shape index (κ2) is 5.62. The lowest BCUT2D eigenvalue weighted by Gasteiger charge is -2.18. The standard InChI is InChI=1S/C12H13BrN2OS/c1-14-11(9-6-17-7-10(9)13)8-4-3-5-15-12(8)16-2/h3-7,11,14H,1-2H3. The van der Waals surface area contributed by atoms with E-state index in [1.807, 2.05) is 19.2 Å². The van der Waals surface area contributed by atoms with E-state index in [0.717, 1.165) is 10.0 Å². The summed E-state index contributed by atoms with van der Waals surface area (Å²) < 4.78 is 6.41. The SMILES string of the molecule is CNC(c1cscc1Br)c1cccnc1OC. The van der Waals surface area contributed by atoms with Gasteiger partial charge in [-0.2, -0.15) is 11.3 Å². The molecule has 2 aromatic heterocycles. The van der Waals surface area contributed by atoms with Crippen molar-refractivity contribution in [2.75, 3.05) is 14.2 Å². The van der Waals surface area contributed by atoms with Crippen molar-refractivity contribution in [3.8, 4) is 5.88 Å². The maximum absolute atomic E-state index is 5.30. The molecule has 0 bridgehead atoms. The highest BCUT2D eigenvalue weighted by molar-refractivity contribution is 9.10. The molecule has 0 saturated heterocycles. The van der Waals surface area contributed by atoms with Crippen LogP contribution < -0.4 is 10.1 Å². The Balaban J connectivity index is 2.46. The summed E-state index contributed by atoms with van der Waals surface area (Å²) in [7, 11) is 3.57. The molecule has 0 aliphatic carbocycles. The van der Waals surface area contributed by atoms with E-state index in [-0.39, 0.29) is 6.04 Å². The number of pyridine rings is 1. The highest BCUT2D eigenvalue weighted by Gasteiger charge is 2.19. The van der Waals surface area contributed by atoms with Crippen LogP contribution in [0.5, 0.6) is 5.88 Å². The molecular weight excluding hydrogens is 300 g/mol. The largest absolute Gasteiger partial charge is 0.481 e. The van der Waals surface area contributed by atoms with Gasteiger partial charge in [0.2, 0.25) is 5.88 Å². The molecule has 2 aromatic rings. The lowest BCUT2D eigenvalue weighted by molar-refractivity contribution is 0.388. The number of hydrogen-bond donors (Lipinski definition) is 1. The second-order valence-electron chi connectivity index (χ2n) is 3.50. The second-order valence-corrected chi connectivity index (χ2v) is 5.10. The summed E-state index contributed by atoms with van der Waals surface area (Å²) in [5, 5.41) is 7.49. The first-order valence-corrected chi connectivity index (χ1v) is 6.89. The van der Waals surface area contributed by atoms with Gasteiger partial charge in [0.15, 0.2) is 0 Å². The molecule has 0 aromatic carbocycles. The zero-order chi connectivity index (χ0) is 12.3. The number of ether oxygens (including phenoxy) is 1. The zero-order valence-corrected chi connectivity index (χ0v) is 12.0. The predicted molar refractivity (Wildman–Crippen MR) is 73.7 cm³/mol. The molecule has 0 spiro atoms. The molecule has 0 radical (unpaired) electrons. The van der Waals surface area contributed by atoms with E-state index in [0.29, 0.717) is 5.88 Å². The Morgan fingerprint density at radius 2 is 2.24 bits per heavy atom. The molecule has 2 heterocycles. The summed E-state index contributed by atoms with van der Waals surface area (Å²) in [5.74, 6) is 0.657. The van der Waals surface area contributed by atoms with E-state index in [9.17, 15) is 0 Å². The first-order chi connectivity index (χ1) is 8.27. The van der Waals surface area contributed by atoms with Gasteiger partial charge in [0.25, 0.3) is 0 Å². The van der Waals surface area contributed by atoms with Crippen LogP contribution >= 0.6 is 27.3 Å². The Kier molecular flexibility index (Phi) is 4.15. The van der Waals surface area contributed by atoms with Crippen molar-refractivity contribution < 1.29 is 4.74 Å². The topological polar surface area (TPSA) is 34.2 Å². The lowest BCUT2D eigenvalue weighted by atomic mass is 10.0. The van der Waals surface area contributed by atoms with E-state index >= 15 is 0 Å². The van der Waals surface area contributed by atoms with Crippen LogP contribution in [-0.2, 0) is 0 Å². The minimum absolute atomic E-state index is 0.0827. The van der Waals surface area contributed by atoms with Gasteiger partial charge in [0.05, 0.1) is 13.2 Å². The predicted octanol–water partition coefficient (Wildman–Crippen LogP) is 3.22. The Hall–Kier alpha value is -0.910. The van der Waals surface area contributed by atoms with Gasteiger partial charge in [0, 0.05) is 21.6 Å². The fourth-order valence-corrected chi connectivity index (χ4v) is 3.32. The van der Waals surface area contributed by atoms with E-state index in [2.05, 4.69) is 37.0 Å². The highest BCUT2D eigenvalue weighted by atomic mass is 79.9. The first-order valence-electron chi connectivity index (χ1n) is 5.15. The zero-order valence-electron chi connectivity index (χ0n) is 9.61. The monoisotopic (exact) mass is 312 g/mol. The average Bonchev–Trinajstić information content (AvgIpc) is 2.78. The number of thiophene rings is 1. The third kappa shape index (κ3) is 2.51. The van der Waals surface area contributed by atoms with E-state index in [4.69, 9.17) is 4.74 Å². The quantitative estimate of drug-likeness (QED) is 0.941. The summed E-state index contributed by atoms with van der Waals surface area (Å²) in [6, 6.07) is 4.03. The van der Waals surface area contributed by atoms with Crippen molar-refractivity contribution in [2.45, 2.75) is 6.04 Å². The van der Waals surface area contributed by atoms with Crippen LogP contribution in [-0.4, -0.2) is 19.1 Å². The van der Waals surface area contributed by atoms with Gasteiger partial charge < -0.3 is 10.1 Å². The van der Waals surface area contributed by atoms with Gasteiger partial charge in [-0.3, -0.25) is 0 Å². The van der Waals surface area contributed by atoms with Crippen LogP contribution in [0.15, 0.2) is 33.6 Å². The minimum atomic E-state index is 0.0827. The van der Waals surface area contributed by atoms with Gasteiger partial charge in [-0.1, -0.05) is 6.07 Å². The average molecular weight is 313 g/mol. The van der Waals surface area contributed by atoms with Crippen LogP contribution in [0.1, 0.15) is 17.2 Å². The van der Waals surface area contributed by atoms with Crippen LogP contribution in [0.4, 0.5) is 0 Å². The first kappa shape index (κ1) is 12.5. The smallest absolute Gasteiger partial charge is 0.218 e. The summed E-state index contributed by atoms with van der Waals surface area (Å²) in [6.45, 7) is 0. The van der Waals surface area contributed by atoms with Gasteiger partial charge in [0.1, 0.15) is 0 Å². The molecule has 3 nitrogen and oxygen atoms in total. The summed E-state index contributed by atoms with van der Waals surface area (Å²) in [4.78, 5) is 4.23. The number of aromatic nitrogens is 1. The van der Waals surface area contributed by atoms with Gasteiger partial charge >= 0.3 is 0 Å². The van der Waals surface area contributed by atoms with Crippen LogP contribution in [0.3, 0.4) is 0 Å². The molecule has 0 saturated carbocycles. The fraction of sp³-hybridized carbons (Fsp3) is 0.250. The number of nitrogens with zero attached hydrogens (tertiary/aromatic N) is 1. The van der Waals surface area contributed by atoms with E-state index < -0.39 is 0 Å². The Bertz CT molecular complexity index is 501. The van der Waals surface area contributed by atoms with Gasteiger partial charge in [-0.25, -0.2) is 4.98 Å². The molecule has 0 fully saturated rings. The number of rotatable bonds is 4. The van der Waals surface area contributed by atoms with Gasteiger partial charge in [-0.05, 0) is 40.0 Å². The normalized spacial score (nSPS) is 12.4. The third-order valence-corrected chi connectivity index (χ3v) is 4.30. The van der Waals surface area contributed by atoms with E-state index in [1.165, 1.54) is 5.56 Å². The Labute approximate surface area is 113 Å². The molecule has 17 heavy (non-hydrogen) atoms. The van der Waals surface area contributed by atoms with Crippen LogP contribution in [0.25, 0.3) is 0 Å². The number of hydrogen-bond acceptors (Lipinski definition) is 4. The Morgan fingerprint density at radius 1 is 1.41 bits per heavy atom. The van der Waals surface area contributed by atoms with Crippen molar-refractivity contribution in [2.24, 2.45) is 0 Å². The molecule has 90 valence electrons. The minimum Gasteiger partial charge on any atom is -0.481 e. The van der Waals surface area contributed by atoms with Crippen molar-refractivity contribution in [3.05, 3.63) is 44.7 Å². The van der Waals surface area contributed by atoms with Crippen molar-refractivity contribution in [3.63, 3.8) is 0 Å².